The number of rotatable bonds is 7. The third kappa shape index (κ3) is 4.12. The summed E-state index contributed by atoms with van der Waals surface area (Å²) in [4.78, 5) is 22.5. The van der Waals surface area contributed by atoms with E-state index >= 15 is 0 Å². The second-order valence-electron chi connectivity index (χ2n) is 5.73. The molecule has 138 valence electrons. The molecule has 0 saturated carbocycles. The fraction of sp³-hybridized carbons (Fsp3) is 0.105. The number of H-pyrrole nitrogens is 1. The van der Waals surface area contributed by atoms with Crippen LogP contribution in [-0.4, -0.2) is 33.8 Å². The highest BCUT2D eigenvalue weighted by atomic mass is 19.1. The lowest BCUT2D eigenvalue weighted by molar-refractivity contribution is -0.118. The van der Waals surface area contributed by atoms with Gasteiger partial charge in [0.25, 0.3) is 0 Å². The molecule has 4 N–H and O–H groups in total. The smallest absolute Gasteiger partial charge is 0.339 e. The van der Waals surface area contributed by atoms with Gasteiger partial charge in [-0.15, -0.1) is 0 Å². The van der Waals surface area contributed by atoms with Gasteiger partial charge in [-0.1, -0.05) is 18.2 Å². The molecule has 0 aliphatic heterocycles. The van der Waals surface area contributed by atoms with Crippen molar-refractivity contribution in [3.8, 4) is 5.75 Å². The molecule has 0 bridgehead atoms. The van der Waals surface area contributed by atoms with Crippen LogP contribution in [-0.2, 0) is 4.79 Å². The van der Waals surface area contributed by atoms with Crippen LogP contribution in [0.1, 0.15) is 28.0 Å². The number of nitrogens with zero attached hydrogens (tertiary/aromatic N) is 1. The van der Waals surface area contributed by atoms with Gasteiger partial charge in [-0.25, -0.2) is 9.18 Å². The summed E-state index contributed by atoms with van der Waals surface area (Å²) in [7, 11) is 0. The maximum Gasteiger partial charge on any atom is 0.339 e. The minimum atomic E-state index is -1.17. The number of benzene rings is 2. The Labute approximate surface area is 153 Å². The summed E-state index contributed by atoms with van der Waals surface area (Å²) in [6, 6.07) is 8.87. The topological polar surface area (TPSA) is 118 Å². The Morgan fingerprint density at radius 3 is 2.59 bits per heavy atom. The molecule has 1 amide bonds. The van der Waals surface area contributed by atoms with Crippen molar-refractivity contribution < 1.29 is 23.8 Å². The molecule has 0 fully saturated rings. The van der Waals surface area contributed by atoms with E-state index in [1.807, 2.05) is 0 Å². The number of carbonyl (C=O) groups is 2. The number of amides is 1. The van der Waals surface area contributed by atoms with E-state index in [9.17, 15) is 19.1 Å². The van der Waals surface area contributed by atoms with Crippen LogP contribution < -0.4 is 10.5 Å². The molecule has 1 heterocycles. The Bertz CT molecular complexity index is 1030. The molecule has 1 aromatic heterocycles. The van der Waals surface area contributed by atoms with E-state index in [2.05, 4.69) is 10.2 Å². The zero-order valence-electron chi connectivity index (χ0n) is 14.1. The standard InChI is InChI=1S/C19H16FN3O4/c20-12-4-1-11(2-5-12)3-7-14-17-15(23-22-14)8-6-13(19(25)26)18(17)27-10-9-16(21)24/h1-8H,9-10H2,(H2,21,24)(H,22,23)(H,25,26). The van der Waals surface area contributed by atoms with Gasteiger partial charge in [-0.2, -0.15) is 5.10 Å². The van der Waals surface area contributed by atoms with E-state index in [-0.39, 0.29) is 30.2 Å². The molecular formula is C19H16FN3O4. The van der Waals surface area contributed by atoms with Crippen molar-refractivity contribution in [2.45, 2.75) is 6.42 Å². The summed E-state index contributed by atoms with van der Waals surface area (Å²) >= 11 is 0. The molecule has 3 aromatic rings. The van der Waals surface area contributed by atoms with Crippen LogP contribution in [0.2, 0.25) is 0 Å². The number of primary amides is 1. The van der Waals surface area contributed by atoms with E-state index in [1.54, 1.807) is 30.4 Å². The summed E-state index contributed by atoms with van der Waals surface area (Å²) in [5.41, 5.74) is 6.83. The van der Waals surface area contributed by atoms with Gasteiger partial charge in [0.1, 0.15) is 17.1 Å². The Kier molecular flexibility index (Phi) is 5.16. The van der Waals surface area contributed by atoms with Crippen molar-refractivity contribution in [3.05, 3.63) is 59.0 Å². The van der Waals surface area contributed by atoms with Crippen LogP contribution in [0.3, 0.4) is 0 Å². The predicted molar refractivity (Wildman–Crippen MR) is 97.7 cm³/mol. The molecule has 3 rings (SSSR count). The van der Waals surface area contributed by atoms with Crippen LogP contribution in [0.15, 0.2) is 36.4 Å². The summed E-state index contributed by atoms with van der Waals surface area (Å²) in [5.74, 6) is -1.95. The van der Waals surface area contributed by atoms with E-state index in [0.29, 0.717) is 16.6 Å². The van der Waals surface area contributed by atoms with Gasteiger partial charge in [0, 0.05) is 0 Å². The Hall–Kier alpha value is -3.68. The van der Waals surface area contributed by atoms with Crippen molar-refractivity contribution in [2.75, 3.05) is 6.61 Å². The molecule has 7 nitrogen and oxygen atoms in total. The highest BCUT2D eigenvalue weighted by molar-refractivity contribution is 6.02. The molecule has 27 heavy (non-hydrogen) atoms. The van der Waals surface area contributed by atoms with Crippen LogP contribution in [0.4, 0.5) is 4.39 Å². The van der Waals surface area contributed by atoms with Gasteiger partial charge in [0.15, 0.2) is 0 Å². The number of nitrogens with two attached hydrogens (primary N) is 1. The number of hydrogen-bond acceptors (Lipinski definition) is 4. The molecule has 0 aliphatic rings. The molecule has 0 radical (unpaired) electrons. The van der Waals surface area contributed by atoms with Gasteiger partial charge in [-0.3, -0.25) is 9.89 Å². The average Bonchev–Trinajstić information content (AvgIpc) is 3.04. The Balaban J connectivity index is 2.02. The van der Waals surface area contributed by atoms with E-state index in [0.717, 1.165) is 5.56 Å². The maximum absolute atomic E-state index is 13.0. The number of halogens is 1. The number of fused-ring (bicyclic) bond motifs is 1. The van der Waals surface area contributed by atoms with Gasteiger partial charge >= 0.3 is 5.97 Å². The van der Waals surface area contributed by atoms with Crippen molar-refractivity contribution in [1.29, 1.82) is 0 Å². The third-order valence-electron chi connectivity index (χ3n) is 3.84. The van der Waals surface area contributed by atoms with Gasteiger partial charge < -0.3 is 15.6 Å². The Morgan fingerprint density at radius 1 is 1.19 bits per heavy atom. The van der Waals surface area contributed by atoms with E-state index in [4.69, 9.17) is 10.5 Å². The van der Waals surface area contributed by atoms with Crippen LogP contribution >= 0.6 is 0 Å². The fourth-order valence-corrected chi connectivity index (χ4v) is 2.55. The first-order chi connectivity index (χ1) is 13.0. The number of carboxylic acid groups (broad SMARTS) is 1. The molecule has 0 spiro atoms. The molecule has 0 unspecified atom stereocenters. The number of aromatic carboxylic acids is 1. The number of hydrogen-bond donors (Lipinski definition) is 3. The largest absolute Gasteiger partial charge is 0.491 e. The first-order valence-corrected chi connectivity index (χ1v) is 8.05. The summed E-state index contributed by atoms with van der Waals surface area (Å²) < 4.78 is 18.6. The fourth-order valence-electron chi connectivity index (χ4n) is 2.55. The second-order valence-corrected chi connectivity index (χ2v) is 5.73. The number of ether oxygens (including phenoxy) is 1. The quantitative estimate of drug-likeness (QED) is 0.592. The highest BCUT2D eigenvalue weighted by Gasteiger charge is 2.19. The highest BCUT2D eigenvalue weighted by Crippen LogP contribution is 2.32. The summed E-state index contributed by atoms with van der Waals surface area (Å²) in [5, 5.41) is 16.9. The SMILES string of the molecule is NC(=O)CCOc1c(C(=O)O)ccc2[nH]nc(C=Cc3ccc(F)cc3)c12. The lowest BCUT2D eigenvalue weighted by Crippen LogP contribution is -2.15. The maximum atomic E-state index is 13.0. The molecule has 2 aromatic carbocycles. The molecule has 0 saturated heterocycles. The normalized spacial score (nSPS) is 11.1. The van der Waals surface area contributed by atoms with Crippen LogP contribution in [0, 0.1) is 5.82 Å². The van der Waals surface area contributed by atoms with Crippen molar-refractivity contribution in [1.82, 2.24) is 10.2 Å². The number of aromatic nitrogens is 2. The molecular weight excluding hydrogens is 353 g/mol. The number of carbonyl (C=O) groups excluding carboxylic acids is 1. The van der Waals surface area contributed by atoms with Crippen molar-refractivity contribution in [2.24, 2.45) is 5.73 Å². The first-order valence-electron chi connectivity index (χ1n) is 8.05. The number of nitrogens with one attached hydrogen (secondary N) is 1. The van der Waals surface area contributed by atoms with Gasteiger partial charge in [0.05, 0.1) is 29.6 Å². The zero-order chi connectivity index (χ0) is 19.4. The average molecular weight is 369 g/mol. The lowest BCUT2D eigenvalue weighted by Gasteiger charge is -2.10. The zero-order valence-corrected chi connectivity index (χ0v) is 14.1. The molecule has 8 heteroatoms. The monoisotopic (exact) mass is 369 g/mol. The minimum Gasteiger partial charge on any atom is -0.491 e. The Morgan fingerprint density at radius 2 is 1.93 bits per heavy atom. The van der Waals surface area contributed by atoms with Gasteiger partial charge in [-0.05, 0) is 35.9 Å². The summed E-state index contributed by atoms with van der Waals surface area (Å²) in [6.45, 7) is -0.0545. The summed E-state index contributed by atoms with van der Waals surface area (Å²) in [6.07, 6.45) is 3.34. The third-order valence-corrected chi connectivity index (χ3v) is 3.84. The van der Waals surface area contributed by atoms with Crippen LogP contribution in [0.5, 0.6) is 5.75 Å². The minimum absolute atomic E-state index is 0.0476. The second kappa shape index (κ2) is 7.69. The van der Waals surface area contributed by atoms with Gasteiger partial charge in [0.2, 0.25) is 5.91 Å². The predicted octanol–water partition coefficient (Wildman–Crippen LogP) is 2.82. The first kappa shape index (κ1) is 18.1. The molecule has 0 aliphatic carbocycles. The lowest BCUT2D eigenvalue weighted by atomic mass is 10.1. The number of aromatic amines is 1. The number of carboxylic acids is 1. The van der Waals surface area contributed by atoms with Crippen LogP contribution in [0.25, 0.3) is 23.1 Å². The van der Waals surface area contributed by atoms with Crippen molar-refractivity contribution >= 4 is 34.9 Å². The molecule has 0 atom stereocenters. The van der Waals surface area contributed by atoms with E-state index in [1.165, 1.54) is 18.2 Å². The van der Waals surface area contributed by atoms with Crippen molar-refractivity contribution in [3.63, 3.8) is 0 Å². The van der Waals surface area contributed by atoms with E-state index < -0.39 is 11.9 Å².